The van der Waals surface area contributed by atoms with Gasteiger partial charge in [0.15, 0.2) is 0 Å². The molecule has 9 nitrogen and oxygen atoms in total. The molecule has 2 aromatic carbocycles. The number of H-pyrrole nitrogens is 1. The lowest BCUT2D eigenvalue weighted by Gasteiger charge is -2.31. The Kier molecular flexibility index (Phi) is 8.13. The Bertz CT molecular complexity index is 1300. The van der Waals surface area contributed by atoms with Crippen molar-refractivity contribution >= 4 is 16.9 Å². The number of ether oxygens (including phenoxy) is 3. The van der Waals surface area contributed by atoms with Crippen molar-refractivity contribution in [3.8, 4) is 28.5 Å². The number of aromatic amines is 1. The first-order valence-corrected chi connectivity index (χ1v) is 14.0. The molecular weight excluding hydrogens is 504 g/mol. The van der Waals surface area contributed by atoms with E-state index in [4.69, 9.17) is 14.2 Å². The molecule has 0 radical (unpaired) electrons. The minimum atomic E-state index is -1.20. The SMILES string of the molecule is C[C@H]1CN=C(c2ccc(-c3cc(Oc4ccc(S(=O)N5CCN(C)CC5)cc4)cc(O[C@@H](C)CO)c3)[nH]2)O1. The second-order valence-corrected chi connectivity index (χ2v) is 11.2. The molecular formula is C28H34N4O5S. The van der Waals surface area contributed by atoms with E-state index in [0.717, 1.165) is 48.0 Å². The Hall–Kier alpha value is -3.18. The number of piperazine rings is 1. The summed E-state index contributed by atoms with van der Waals surface area (Å²) < 4.78 is 32.9. The van der Waals surface area contributed by atoms with Crippen molar-refractivity contribution in [2.75, 3.05) is 46.4 Å². The molecule has 0 bridgehead atoms. The summed E-state index contributed by atoms with van der Waals surface area (Å²) in [4.78, 5) is 10.8. The summed E-state index contributed by atoms with van der Waals surface area (Å²) in [6, 6.07) is 16.9. The monoisotopic (exact) mass is 538 g/mol. The zero-order valence-corrected chi connectivity index (χ0v) is 22.7. The van der Waals surface area contributed by atoms with Crippen molar-refractivity contribution < 1.29 is 23.5 Å². The van der Waals surface area contributed by atoms with Gasteiger partial charge in [0.25, 0.3) is 0 Å². The molecule has 5 rings (SSSR count). The van der Waals surface area contributed by atoms with Gasteiger partial charge in [0.05, 0.1) is 18.0 Å². The smallest absolute Gasteiger partial charge is 0.233 e. The van der Waals surface area contributed by atoms with Crippen LogP contribution in [-0.2, 0) is 15.7 Å². The number of aliphatic imine (C=N–C) groups is 1. The number of benzene rings is 2. The van der Waals surface area contributed by atoms with Crippen LogP contribution in [0, 0.1) is 0 Å². The van der Waals surface area contributed by atoms with Crippen LogP contribution in [-0.4, -0.2) is 88.0 Å². The average Bonchev–Trinajstić information content (AvgIpc) is 3.58. The van der Waals surface area contributed by atoms with Crippen LogP contribution in [0.15, 0.2) is 64.5 Å². The summed E-state index contributed by atoms with van der Waals surface area (Å²) in [7, 11) is 0.882. The third-order valence-corrected chi connectivity index (χ3v) is 7.97. The van der Waals surface area contributed by atoms with Crippen molar-refractivity contribution in [2.24, 2.45) is 4.99 Å². The Labute approximate surface area is 225 Å². The number of nitrogens with zero attached hydrogens (tertiary/aromatic N) is 3. The van der Waals surface area contributed by atoms with E-state index >= 15 is 0 Å². The molecule has 2 aliphatic heterocycles. The molecule has 0 spiro atoms. The number of nitrogens with one attached hydrogen (secondary N) is 1. The minimum absolute atomic E-state index is 0.0684. The van der Waals surface area contributed by atoms with E-state index in [2.05, 4.69) is 21.9 Å². The molecule has 1 aromatic heterocycles. The molecule has 10 heteroatoms. The second-order valence-electron chi connectivity index (χ2n) is 9.72. The largest absolute Gasteiger partial charge is 0.488 e. The van der Waals surface area contributed by atoms with Gasteiger partial charge in [0, 0.05) is 43.5 Å². The predicted molar refractivity (Wildman–Crippen MR) is 147 cm³/mol. The van der Waals surface area contributed by atoms with Crippen LogP contribution in [0.3, 0.4) is 0 Å². The first-order chi connectivity index (χ1) is 18.4. The van der Waals surface area contributed by atoms with Crippen molar-refractivity contribution in [3.05, 3.63) is 60.3 Å². The summed E-state index contributed by atoms with van der Waals surface area (Å²) >= 11 is 0. The van der Waals surface area contributed by atoms with Gasteiger partial charge in [-0.2, -0.15) is 0 Å². The van der Waals surface area contributed by atoms with Crippen LogP contribution >= 0.6 is 0 Å². The Morgan fingerprint density at radius 1 is 1.05 bits per heavy atom. The van der Waals surface area contributed by atoms with E-state index < -0.39 is 11.0 Å². The van der Waals surface area contributed by atoms with Crippen molar-refractivity contribution in [1.29, 1.82) is 0 Å². The van der Waals surface area contributed by atoms with Gasteiger partial charge in [0.2, 0.25) is 5.90 Å². The van der Waals surface area contributed by atoms with Crippen LogP contribution in [0.25, 0.3) is 11.3 Å². The van der Waals surface area contributed by atoms with Gasteiger partial charge in [-0.25, -0.2) is 13.5 Å². The summed E-state index contributed by atoms with van der Waals surface area (Å²) in [6.07, 6.45) is -0.303. The maximum atomic E-state index is 13.0. The number of likely N-dealkylation sites (N-methyl/N-ethyl adjacent to an activating group) is 1. The quantitative estimate of drug-likeness (QED) is 0.431. The fourth-order valence-corrected chi connectivity index (χ4v) is 5.46. The predicted octanol–water partition coefficient (Wildman–Crippen LogP) is 3.67. The zero-order valence-electron chi connectivity index (χ0n) is 21.9. The van der Waals surface area contributed by atoms with Gasteiger partial charge in [-0.1, -0.05) is 0 Å². The maximum absolute atomic E-state index is 13.0. The van der Waals surface area contributed by atoms with E-state index in [1.807, 2.05) is 59.8 Å². The van der Waals surface area contributed by atoms with Crippen LogP contribution in [0.4, 0.5) is 0 Å². The third-order valence-electron chi connectivity index (χ3n) is 6.46. The minimum Gasteiger partial charge on any atom is -0.488 e. The standard InChI is InChI=1S/C28H34N4O5S/c1-19-17-29-28(36-19)27-9-8-26(30-27)21-14-23(35-20(2)18-33)16-24(15-21)37-22-4-6-25(7-5-22)38(34)32-12-10-31(3)11-13-32/h4-9,14-16,19-20,30,33H,10-13,17-18H2,1-3H3/t19-,20-,38?/m0/s1. The van der Waals surface area contributed by atoms with Crippen LogP contribution in [0.2, 0.25) is 0 Å². The third kappa shape index (κ3) is 6.27. The number of aromatic nitrogens is 1. The van der Waals surface area contributed by atoms with E-state index in [0.29, 0.717) is 29.7 Å². The van der Waals surface area contributed by atoms with Crippen LogP contribution in [0.5, 0.6) is 17.2 Å². The zero-order chi connectivity index (χ0) is 26.6. The number of hydrogen-bond acceptors (Lipinski definition) is 7. The average molecular weight is 539 g/mol. The lowest BCUT2D eigenvalue weighted by Crippen LogP contribution is -2.45. The Morgan fingerprint density at radius 2 is 1.76 bits per heavy atom. The van der Waals surface area contributed by atoms with Gasteiger partial charge in [-0.15, -0.1) is 0 Å². The summed E-state index contributed by atoms with van der Waals surface area (Å²) in [6.45, 7) is 7.71. The molecule has 2 aliphatic rings. The molecule has 3 aromatic rings. The highest BCUT2D eigenvalue weighted by Crippen LogP contribution is 2.33. The van der Waals surface area contributed by atoms with E-state index in [9.17, 15) is 9.32 Å². The highest BCUT2D eigenvalue weighted by Gasteiger charge is 2.21. The topological polar surface area (TPSA) is 99.6 Å². The second kappa shape index (κ2) is 11.7. The lowest BCUT2D eigenvalue weighted by atomic mass is 10.1. The van der Waals surface area contributed by atoms with Gasteiger partial charge >= 0.3 is 0 Å². The van der Waals surface area contributed by atoms with Crippen molar-refractivity contribution in [2.45, 2.75) is 31.0 Å². The highest BCUT2D eigenvalue weighted by molar-refractivity contribution is 7.82. The van der Waals surface area contributed by atoms with Crippen LogP contribution in [0.1, 0.15) is 19.5 Å². The first-order valence-electron chi connectivity index (χ1n) is 12.8. The van der Waals surface area contributed by atoms with Crippen molar-refractivity contribution in [1.82, 2.24) is 14.2 Å². The number of hydrogen-bond donors (Lipinski definition) is 2. The van der Waals surface area contributed by atoms with E-state index in [1.165, 1.54) is 0 Å². The number of rotatable bonds is 9. The lowest BCUT2D eigenvalue weighted by molar-refractivity contribution is 0.129. The highest BCUT2D eigenvalue weighted by atomic mass is 32.2. The van der Waals surface area contributed by atoms with E-state index in [-0.39, 0.29) is 18.8 Å². The fraction of sp³-hybridized carbons (Fsp3) is 0.393. The molecule has 2 N–H and O–H groups in total. The molecule has 0 amide bonds. The number of aliphatic hydroxyl groups is 1. The molecule has 1 unspecified atom stereocenters. The van der Waals surface area contributed by atoms with Gasteiger partial charge in [-0.3, -0.25) is 0 Å². The molecule has 202 valence electrons. The van der Waals surface area contributed by atoms with E-state index in [1.54, 1.807) is 13.0 Å². The summed E-state index contributed by atoms with van der Waals surface area (Å²) in [5.41, 5.74) is 2.52. The summed E-state index contributed by atoms with van der Waals surface area (Å²) in [5, 5.41) is 9.49. The molecule has 0 saturated carbocycles. The normalized spacial score (nSPS) is 20.0. The van der Waals surface area contributed by atoms with Crippen molar-refractivity contribution in [3.63, 3.8) is 0 Å². The molecule has 3 heterocycles. The first kappa shape index (κ1) is 26.4. The maximum Gasteiger partial charge on any atom is 0.233 e. The Morgan fingerprint density at radius 3 is 2.45 bits per heavy atom. The fourth-order valence-electron chi connectivity index (χ4n) is 4.30. The molecule has 3 atom stereocenters. The molecule has 1 fully saturated rings. The van der Waals surface area contributed by atoms with Gasteiger partial charge in [-0.05, 0) is 69.4 Å². The number of aliphatic hydroxyl groups excluding tert-OH is 1. The summed E-state index contributed by atoms with van der Waals surface area (Å²) in [5.74, 6) is 2.38. The molecule has 0 aliphatic carbocycles. The van der Waals surface area contributed by atoms with Crippen LogP contribution < -0.4 is 9.47 Å². The van der Waals surface area contributed by atoms with Gasteiger partial charge in [0.1, 0.15) is 46.1 Å². The Balaban J connectivity index is 1.35. The molecule has 38 heavy (non-hydrogen) atoms. The molecule has 1 saturated heterocycles. The van der Waals surface area contributed by atoms with Gasteiger partial charge < -0.3 is 29.2 Å².